The molecule has 2 fully saturated rings. The van der Waals surface area contributed by atoms with Gasteiger partial charge in [-0.05, 0) is 24.9 Å². The highest BCUT2D eigenvalue weighted by Crippen LogP contribution is 2.26. The van der Waals surface area contributed by atoms with Gasteiger partial charge in [0, 0.05) is 37.0 Å². The number of thiophene rings is 1. The van der Waals surface area contributed by atoms with Gasteiger partial charge in [0.1, 0.15) is 12.2 Å². The van der Waals surface area contributed by atoms with E-state index in [0.29, 0.717) is 26.1 Å². The monoisotopic (exact) mass is 312 g/mol. The molecule has 0 aliphatic carbocycles. The number of hydrogen-bond acceptors (Lipinski definition) is 5. The Morgan fingerprint density at radius 2 is 2.43 bits per heavy atom. The van der Waals surface area contributed by atoms with Gasteiger partial charge in [0.05, 0.1) is 6.61 Å². The summed E-state index contributed by atoms with van der Waals surface area (Å²) in [6.45, 7) is 2.51. The number of cyclic esters (lactones) is 1. The zero-order chi connectivity index (χ0) is 14.8. The molecule has 3 atom stereocenters. The lowest BCUT2D eigenvalue weighted by Gasteiger charge is -2.29. The number of esters is 1. The molecule has 2 aliphatic heterocycles. The number of rotatable bonds is 5. The predicted octanol–water partition coefficient (Wildman–Crippen LogP) is 1.91. The van der Waals surface area contributed by atoms with Crippen LogP contribution in [-0.4, -0.2) is 60.8 Å². The van der Waals surface area contributed by atoms with Crippen LogP contribution in [0.25, 0.3) is 0 Å². The summed E-state index contributed by atoms with van der Waals surface area (Å²) in [4.78, 5) is 17.1. The van der Waals surface area contributed by atoms with E-state index in [1.807, 2.05) is 23.4 Å². The molecule has 3 rings (SSSR count). The number of alkyl halides is 1. The maximum Gasteiger partial charge on any atom is 0.323 e. The molecule has 0 spiro atoms. The standard InChI is InChI=1S/C15H21FN2O2S/c1-17(14-4-5-20-15(14)19)9-12-7-11(16)8-18(12)10-13-3-2-6-21-13/h2-3,6,11-12,14H,4-5,7-10H2,1H3/t11-,12-,14?/m0/s1. The number of ether oxygens (including phenoxy) is 1. The molecule has 21 heavy (non-hydrogen) atoms. The molecule has 0 amide bonds. The van der Waals surface area contributed by atoms with Gasteiger partial charge in [-0.15, -0.1) is 11.3 Å². The Morgan fingerprint density at radius 3 is 3.10 bits per heavy atom. The topological polar surface area (TPSA) is 32.8 Å². The van der Waals surface area contributed by atoms with Crippen molar-refractivity contribution in [1.82, 2.24) is 9.80 Å². The highest BCUT2D eigenvalue weighted by Gasteiger charge is 2.36. The summed E-state index contributed by atoms with van der Waals surface area (Å²) >= 11 is 1.71. The van der Waals surface area contributed by atoms with E-state index in [4.69, 9.17) is 4.74 Å². The molecule has 116 valence electrons. The Hall–Kier alpha value is -0.980. The second kappa shape index (κ2) is 6.42. The molecule has 0 N–H and O–H groups in total. The largest absolute Gasteiger partial charge is 0.464 e. The van der Waals surface area contributed by atoms with Gasteiger partial charge in [0.25, 0.3) is 0 Å². The molecule has 3 heterocycles. The first-order valence-electron chi connectivity index (χ1n) is 7.41. The van der Waals surface area contributed by atoms with E-state index in [-0.39, 0.29) is 18.1 Å². The fourth-order valence-electron chi connectivity index (χ4n) is 3.25. The van der Waals surface area contributed by atoms with E-state index in [0.717, 1.165) is 13.0 Å². The van der Waals surface area contributed by atoms with Crippen LogP contribution in [-0.2, 0) is 16.1 Å². The van der Waals surface area contributed by atoms with Gasteiger partial charge in [-0.3, -0.25) is 14.6 Å². The van der Waals surface area contributed by atoms with Crippen LogP contribution in [0, 0.1) is 0 Å². The second-order valence-electron chi connectivity index (χ2n) is 5.91. The first-order chi connectivity index (χ1) is 10.1. The molecule has 1 aromatic rings. The minimum atomic E-state index is -0.765. The van der Waals surface area contributed by atoms with Gasteiger partial charge < -0.3 is 4.74 Å². The summed E-state index contributed by atoms with van der Waals surface area (Å²) < 4.78 is 18.8. The van der Waals surface area contributed by atoms with E-state index in [2.05, 4.69) is 11.0 Å². The van der Waals surface area contributed by atoms with E-state index in [1.54, 1.807) is 11.3 Å². The number of hydrogen-bond donors (Lipinski definition) is 0. The highest BCUT2D eigenvalue weighted by atomic mass is 32.1. The highest BCUT2D eigenvalue weighted by molar-refractivity contribution is 7.09. The van der Waals surface area contributed by atoms with Crippen LogP contribution in [0.5, 0.6) is 0 Å². The Bertz CT molecular complexity index is 482. The number of carbonyl (C=O) groups excluding carboxylic acids is 1. The molecule has 1 aromatic heterocycles. The van der Waals surface area contributed by atoms with E-state index in [9.17, 15) is 9.18 Å². The average molecular weight is 312 g/mol. The summed E-state index contributed by atoms with van der Waals surface area (Å²) in [5.74, 6) is -0.142. The van der Waals surface area contributed by atoms with Crippen molar-refractivity contribution in [3.63, 3.8) is 0 Å². The van der Waals surface area contributed by atoms with Crippen molar-refractivity contribution in [2.24, 2.45) is 0 Å². The maximum atomic E-state index is 13.8. The fourth-order valence-corrected chi connectivity index (χ4v) is 3.98. The first-order valence-corrected chi connectivity index (χ1v) is 8.29. The Balaban J connectivity index is 1.60. The zero-order valence-corrected chi connectivity index (χ0v) is 13.0. The van der Waals surface area contributed by atoms with Crippen molar-refractivity contribution in [2.75, 3.05) is 26.7 Å². The summed E-state index contributed by atoms with van der Waals surface area (Å²) in [6, 6.07) is 4.12. The minimum Gasteiger partial charge on any atom is -0.464 e. The fraction of sp³-hybridized carbons (Fsp3) is 0.667. The van der Waals surface area contributed by atoms with Crippen LogP contribution in [0.3, 0.4) is 0 Å². The SMILES string of the molecule is CN(C[C@@H]1C[C@H](F)CN1Cc1cccs1)C1CCOC1=O. The first kappa shape index (κ1) is 14.9. The molecule has 2 aliphatic rings. The van der Waals surface area contributed by atoms with Gasteiger partial charge in [-0.2, -0.15) is 0 Å². The Morgan fingerprint density at radius 1 is 1.57 bits per heavy atom. The van der Waals surface area contributed by atoms with E-state index < -0.39 is 6.17 Å². The van der Waals surface area contributed by atoms with Crippen molar-refractivity contribution in [3.8, 4) is 0 Å². The maximum absolute atomic E-state index is 13.8. The summed E-state index contributed by atoms with van der Waals surface area (Å²) in [5.41, 5.74) is 0. The lowest BCUT2D eigenvalue weighted by molar-refractivity contribution is -0.142. The molecule has 4 nitrogen and oxygen atoms in total. The molecule has 0 radical (unpaired) electrons. The van der Waals surface area contributed by atoms with Crippen LogP contribution in [0.4, 0.5) is 4.39 Å². The molecule has 6 heteroatoms. The van der Waals surface area contributed by atoms with E-state index >= 15 is 0 Å². The Kier molecular flexibility index (Phi) is 4.57. The second-order valence-corrected chi connectivity index (χ2v) is 6.94. The third-order valence-electron chi connectivity index (χ3n) is 4.35. The average Bonchev–Trinajstić information content (AvgIpc) is 3.13. The van der Waals surface area contributed by atoms with Crippen LogP contribution >= 0.6 is 11.3 Å². The van der Waals surface area contributed by atoms with Gasteiger partial charge in [-0.25, -0.2) is 4.39 Å². The lowest BCUT2D eigenvalue weighted by Crippen LogP contribution is -2.44. The van der Waals surface area contributed by atoms with Crippen molar-refractivity contribution in [2.45, 2.75) is 37.6 Å². The minimum absolute atomic E-state index is 0.142. The van der Waals surface area contributed by atoms with Crippen LogP contribution in [0.2, 0.25) is 0 Å². The van der Waals surface area contributed by atoms with Gasteiger partial charge in [0.2, 0.25) is 0 Å². The number of likely N-dealkylation sites (tertiary alicyclic amines) is 1. The molecule has 0 bridgehead atoms. The van der Waals surface area contributed by atoms with Crippen molar-refractivity contribution >= 4 is 17.3 Å². The third kappa shape index (κ3) is 3.44. The molecular formula is C15H21FN2O2S. The normalized spacial score (nSPS) is 30.2. The van der Waals surface area contributed by atoms with Gasteiger partial charge in [-0.1, -0.05) is 6.07 Å². The van der Waals surface area contributed by atoms with Crippen molar-refractivity contribution < 1.29 is 13.9 Å². The van der Waals surface area contributed by atoms with Crippen LogP contribution in [0.15, 0.2) is 17.5 Å². The predicted molar refractivity (Wildman–Crippen MR) is 80.0 cm³/mol. The van der Waals surface area contributed by atoms with Gasteiger partial charge in [0.15, 0.2) is 0 Å². The van der Waals surface area contributed by atoms with Crippen LogP contribution < -0.4 is 0 Å². The molecule has 0 aromatic carbocycles. The molecule has 0 saturated carbocycles. The number of carbonyl (C=O) groups is 1. The number of likely N-dealkylation sites (N-methyl/N-ethyl adjacent to an activating group) is 1. The summed E-state index contributed by atoms with van der Waals surface area (Å²) in [6.07, 6.45) is 0.530. The van der Waals surface area contributed by atoms with Gasteiger partial charge >= 0.3 is 5.97 Å². The molecule has 2 saturated heterocycles. The zero-order valence-electron chi connectivity index (χ0n) is 12.2. The quantitative estimate of drug-likeness (QED) is 0.778. The number of nitrogens with zero attached hydrogens (tertiary/aromatic N) is 2. The van der Waals surface area contributed by atoms with Crippen molar-refractivity contribution in [1.29, 1.82) is 0 Å². The number of halogens is 1. The molecular weight excluding hydrogens is 291 g/mol. The third-order valence-corrected chi connectivity index (χ3v) is 5.22. The molecule has 1 unspecified atom stereocenters. The Labute approximate surface area is 128 Å². The van der Waals surface area contributed by atoms with Crippen molar-refractivity contribution in [3.05, 3.63) is 22.4 Å². The summed E-state index contributed by atoms with van der Waals surface area (Å²) in [7, 11) is 1.94. The van der Waals surface area contributed by atoms with E-state index in [1.165, 1.54) is 4.88 Å². The smallest absolute Gasteiger partial charge is 0.323 e. The summed E-state index contributed by atoms with van der Waals surface area (Å²) in [5, 5.41) is 2.05. The van der Waals surface area contributed by atoms with Crippen LogP contribution in [0.1, 0.15) is 17.7 Å². The lowest BCUT2D eigenvalue weighted by atomic mass is 10.1.